The minimum absolute atomic E-state index is 0.174. The Labute approximate surface area is 142 Å². The summed E-state index contributed by atoms with van der Waals surface area (Å²) >= 11 is 6.10. The second-order valence-electron chi connectivity index (χ2n) is 6.67. The zero-order valence-electron chi connectivity index (χ0n) is 13.4. The smallest absolute Gasteiger partial charge is 0.225 e. The Morgan fingerprint density at radius 3 is 2.48 bits per heavy atom. The van der Waals surface area contributed by atoms with Crippen molar-refractivity contribution >= 4 is 17.5 Å². The van der Waals surface area contributed by atoms with Crippen LogP contribution in [-0.2, 0) is 11.3 Å². The van der Waals surface area contributed by atoms with Crippen LogP contribution < -0.4 is 0 Å². The molecule has 2 aliphatic heterocycles. The van der Waals surface area contributed by atoms with Crippen LogP contribution in [0.1, 0.15) is 37.7 Å². The molecular weight excluding hydrogens is 315 g/mol. The number of hydrogen-bond acceptors (Lipinski definition) is 2. The molecule has 0 radical (unpaired) electrons. The van der Waals surface area contributed by atoms with Crippen LogP contribution in [0.4, 0.5) is 4.39 Å². The molecule has 1 aromatic rings. The van der Waals surface area contributed by atoms with E-state index in [1.54, 1.807) is 6.07 Å². The monoisotopic (exact) mass is 338 g/mol. The molecule has 2 heterocycles. The second-order valence-corrected chi connectivity index (χ2v) is 7.08. The van der Waals surface area contributed by atoms with Crippen molar-refractivity contribution in [2.24, 2.45) is 5.92 Å². The van der Waals surface area contributed by atoms with Gasteiger partial charge in [-0.25, -0.2) is 4.39 Å². The molecule has 2 saturated heterocycles. The fourth-order valence-corrected chi connectivity index (χ4v) is 3.83. The normalized spacial score (nSPS) is 20.7. The number of amides is 1. The van der Waals surface area contributed by atoms with Crippen LogP contribution in [0.25, 0.3) is 0 Å². The number of benzene rings is 1. The maximum Gasteiger partial charge on any atom is 0.225 e. The van der Waals surface area contributed by atoms with E-state index in [2.05, 4.69) is 9.80 Å². The Morgan fingerprint density at radius 2 is 1.83 bits per heavy atom. The lowest BCUT2D eigenvalue weighted by molar-refractivity contribution is -0.138. The van der Waals surface area contributed by atoms with E-state index in [9.17, 15) is 9.18 Å². The minimum atomic E-state index is -0.301. The van der Waals surface area contributed by atoms with Gasteiger partial charge >= 0.3 is 0 Å². The van der Waals surface area contributed by atoms with E-state index < -0.39 is 0 Å². The quantitative estimate of drug-likeness (QED) is 0.839. The fraction of sp³-hybridized carbons (Fsp3) is 0.611. The standard InChI is InChI=1S/C18H24ClFN2O/c19-17-12-16(20)5-4-15(17)13-21-10-6-14(7-11-21)18(23)22-8-2-1-3-9-22/h4-5,12,14H,1-3,6-11,13H2. The second kappa shape index (κ2) is 7.63. The van der Waals surface area contributed by atoms with Crippen LogP contribution in [-0.4, -0.2) is 41.9 Å². The van der Waals surface area contributed by atoms with Gasteiger partial charge in [0, 0.05) is 30.6 Å². The first kappa shape index (κ1) is 16.7. The summed E-state index contributed by atoms with van der Waals surface area (Å²) in [5.41, 5.74) is 0.953. The predicted molar refractivity (Wildman–Crippen MR) is 89.8 cm³/mol. The van der Waals surface area contributed by atoms with Crippen molar-refractivity contribution in [3.8, 4) is 0 Å². The predicted octanol–water partition coefficient (Wildman–Crippen LogP) is 3.70. The van der Waals surface area contributed by atoms with Gasteiger partial charge in [0.2, 0.25) is 5.91 Å². The van der Waals surface area contributed by atoms with E-state index in [1.807, 2.05) is 0 Å². The van der Waals surface area contributed by atoms with Gasteiger partial charge in [-0.05, 0) is 62.9 Å². The topological polar surface area (TPSA) is 23.6 Å². The SMILES string of the molecule is O=C(C1CCN(Cc2ccc(F)cc2Cl)CC1)N1CCCCC1. The molecule has 2 fully saturated rings. The average Bonchev–Trinajstić information content (AvgIpc) is 2.58. The molecule has 0 unspecified atom stereocenters. The highest BCUT2D eigenvalue weighted by Gasteiger charge is 2.29. The fourth-order valence-electron chi connectivity index (χ4n) is 3.60. The molecule has 126 valence electrons. The Kier molecular flexibility index (Phi) is 5.54. The largest absolute Gasteiger partial charge is 0.342 e. The Bertz CT molecular complexity index is 552. The van der Waals surface area contributed by atoms with Crippen molar-refractivity contribution in [1.82, 2.24) is 9.80 Å². The van der Waals surface area contributed by atoms with Gasteiger partial charge < -0.3 is 4.90 Å². The number of piperidine rings is 2. The summed E-state index contributed by atoms with van der Waals surface area (Å²) in [6.45, 7) is 4.40. The van der Waals surface area contributed by atoms with Crippen molar-refractivity contribution in [1.29, 1.82) is 0 Å². The molecular formula is C18H24ClFN2O. The van der Waals surface area contributed by atoms with E-state index in [1.165, 1.54) is 18.6 Å². The molecule has 0 aromatic heterocycles. The lowest BCUT2D eigenvalue weighted by atomic mass is 9.94. The van der Waals surface area contributed by atoms with Gasteiger partial charge in [-0.1, -0.05) is 17.7 Å². The highest BCUT2D eigenvalue weighted by atomic mass is 35.5. The van der Waals surface area contributed by atoms with Crippen molar-refractivity contribution in [2.45, 2.75) is 38.6 Å². The Morgan fingerprint density at radius 1 is 1.13 bits per heavy atom. The van der Waals surface area contributed by atoms with Crippen LogP contribution in [0, 0.1) is 11.7 Å². The molecule has 3 nitrogen and oxygen atoms in total. The highest BCUT2D eigenvalue weighted by Crippen LogP contribution is 2.25. The highest BCUT2D eigenvalue weighted by molar-refractivity contribution is 6.31. The molecule has 0 spiro atoms. The number of carbonyl (C=O) groups is 1. The zero-order chi connectivity index (χ0) is 16.2. The van der Waals surface area contributed by atoms with Gasteiger partial charge in [0.25, 0.3) is 0 Å². The van der Waals surface area contributed by atoms with Crippen molar-refractivity contribution < 1.29 is 9.18 Å². The van der Waals surface area contributed by atoms with Crippen LogP contribution in [0.5, 0.6) is 0 Å². The molecule has 0 saturated carbocycles. The summed E-state index contributed by atoms with van der Waals surface area (Å²) in [7, 11) is 0. The van der Waals surface area contributed by atoms with Crippen LogP contribution >= 0.6 is 11.6 Å². The number of nitrogens with zero attached hydrogens (tertiary/aromatic N) is 2. The first-order chi connectivity index (χ1) is 11.1. The molecule has 0 atom stereocenters. The number of halogens is 2. The Balaban J connectivity index is 1.51. The third-order valence-electron chi connectivity index (χ3n) is 5.01. The molecule has 0 bridgehead atoms. The molecule has 2 aliphatic rings. The third kappa shape index (κ3) is 4.24. The maximum atomic E-state index is 13.1. The first-order valence-corrected chi connectivity index (χ1v) is 8.96. The molecule has 0 aliphatic carbocycles. The summed E-state index contributed by atoms with van der Waals surface area (Å²) in [5, 5.41) is 0.483. The van der Waals surface area contributed by atoms with Gasteiger partial charge in [0.05, 0.1) is 0 Å². The number of carbonyl (C=O) groups excluding carboxylic acids is 1. The van der Waals surface area contributed by atoms with Gasteiger partial charge in [-0.3, -0.25) is 9.69 Å². The van der Waals surface area contributed by atoms with Crippen LogP contribution in [0.3, 0.4) is 0 Å². The number of rotatable bonds is 3. The lowest BCUT2D eigenvalue weighted by Crippen LogP contribution is -2.44. The van der Waals surface area contributed by atoms with Crippen molar-refractivity contribution in [3.05, 3.63) is 34.6 Å². The van der Waals surface area contributed by atoms with Gasteiger partial charge in [-0.15, -0.1) is 0 Å². The first-order valence-electron chi connectivity index (χ1n) is 8.58. The summed E-state index contributed by atoms with van der Waals surface area (Å²) in [6, 6.07) is 4.57. The van der Waals surface area contributed by atoms with Gasteiger partial charge in [0.1, 0.15) is 5.82 Å². The van der Waals surface area contributed by atoms with Gasteiger partial charge in [0.15, 0.2) is 0 Å². The Hall–Kier alpha value is -1.13. The molecule has 1 aromatic carbocycles. The van der Waals surface area contributed by atoms with Crippen LogP contribution in [0.15, 0.2) is 18.2 Å². The number of likely N-dealkylation sites (tertiary alicyclic amines) is 2. The molecule has 23 heavy (non-hydrogen) atoms. The molecule has 1 amide bonds. The van der Waals surface area contributed by atoms with E-state index in [4.69, 9.17) is 11.6 Å². The summed E-state index contributed by atoms with van der Waals surface area (Å²) < 4.78 is 13.1. The van der Waals surface area contributed by atoms with Crippen molar-refractivity contribution in [2.75, 3.05) is 26.2 Å². The van der Waals surface area contributed by atoms with E-state index in [0.717, 1.165) is 64.0 Å². The third-order valence-corrected chi connectivity index (χ3v) is 5.37. The maximum absolute atomic E-state index is 13.1. The summed E-state index contributed by atoms with van der Waals surface area (Å²) in [4.78, 5) is 16.9. The van der Waals surface area contributed by atoms with E-state index >= 15 is 0 Å². The zero-order valence-corrected chi connectivity index (χ0v) is 14.2. The summed E-state index contributed by atoms with van der Waals surface area (Å²) in [6.07, 6.45) is 5.37. The van der Waals surface area contributed by atoms with Crippen LogP contribution in [0.2, 0.25) is 5.02 Å². The van der Waals surface area contributed by atoms with E-state index in [0.29, 0.717) is 10.9 Å². The average molecular weight is 339 g/mol. The van der Waals surface area contributed by atoms with E-state index in [-0.39, 0.29) is 11.7 Å². The molecule has 0 N–H and O–H groups in total. The summed E-state index contributed by atoms with van der Waals surface area (Å²) in [5.74, 6) is 0.224. The minimum Gasteiger partial charge on any atom is -0.342 e. The van der Waals surface area contributed by atoms with Gasteiger partial charge in [-0.2, -0.15) is 0 Å². The lowest BCUT2D eigenvalue weighted by Gasteiger charge is -2.35. The molecule has 3 rings (SSSR count). The number of hydrogen-bond donors (Lipinski definition) is 0. The molecule has 5 heteroatoms. The van der Waals surface area contributed by atoms with Crippen molar-refractivity contribution in [3.63, 3.8) is 0 Å².